The van der Waals surface area contributed by atoms with E-state index in [-0.39, 0.29) is 6.04 Å². The molecule has 7 heteroatoms. The van der Waals surface area contributed by atoms with E-state index in [4.69, 9.17) is 10.6 Å². The second-order valence-corrected chi connectivity index (χ2v) is 4.31. The molecule has 0 saturated heterocycles. The van der Waals surface area contributed by atoms with E-state index in [1.807, 2.05) is 24.7 Å². The summed E-state index contributed by atoms with van der Waals surface area (Å²) in [6, 6.07) is 3.68. The largest absolute Gasteiger partial charge is 0.481 e. The lowest BCUT2D eigenvalue weighted by molar-refractivity contribution is 0.393. The minimum absolute atomic E-state index is 0.119. The molecule has 19 heavy (non-hydrogen) atoms. The molecule has 102 valence electrons. The van der Waals surface area contributed by atoms with Crippen molar-refractivity contribution >= 4 is 0 Å². The number of aryl methyl sites for hydroxylation is 2. The fraction of sp³-hybridized carbons (Fsp3) is 0.417. The van der Waals surface area contributed by atoms with Crippen molar-refractivity contribution in [3.8, 4) is 5.88 Å². The molecule has 0 spiro atoms. The highest BCUT2D eigenvalue weighted by Crippen LogP contribution is 2.18. The van der Waals surface area contributed by atoms with Gasteiger partial charge in [0.05, 0.1) is 24.5 Å². The van der Waals surface area contributed by atoms with Crippen LogP contribution in [-0.2, 0) is 13.5 Å². The molecule has 0 bridgehead atoms. The number of rotatable bonds is 5. The first-order valence-corrected chi connectivity index (χ1v) is 5.95. The summed E-state index contributed by atoms with van der Waals surface area (Å²) in [5, 5.41) is 4.32. The van der Waals surface area contributed by atoms with Crippen molar-refractivity contribution in [3.05, 3.63) is 35.5 Å². The van der Waals surface area contributed by atoms with Crippen LogP contribution in [0.1, 0.15) is 23.1 Å². The zero-order valence-electron chi connectivity index (χ0n) is 11.3. The number of nitrogens with one attached hydrogen (secondary N) is 1. The molecule has 1 unspecified atom stereocenters. The highest BCUT2D eigenvalue weighted by atomic mass is 16.5. The van der Waals surface area contributed by atoms with Gasteiger partial charge in [-0.05, 0) is 13.0 Å². The molecule has 0 aliphatic rings. The minimum atomic E-state index is -0.119. The third-order valence-electron chi connectivity index (χ3n) is 2.94. The fourth-order valence-corrected chi connectivity index (χ4v) is 1.97. The maximum Gasteiger partial charge on any atom is 0.216 e. The van der Waals surface area contributed by atoms with Crippen molar-refractivity contribution in [2.24, 2.45) is 12.9 Å². The van der Waals surface area contributed by atoms with Crippen LogP contribution >= 0.6 is 0 Å². The van der Waals surface area contributed by atoms with Gasteiger partial charge in [-0.1, -0.05) is 0 Å². The number of hydrogen-bond acceptors (Lipinski definition) is 6. The number of aromatic nitrogens is 4. The van der Waals surface area contributed by atoms with Crippen molar-refractivity contribution in [1.82, 2.24) is 25.2 Å². The van der Waals surface area contributed by atoms with E-state index >= 15 is 0 Å². The maximum absolute atomic E-state index is 5.62. The van der Waals surface area contributed by atoms with E-state index < -0.39 is 0 Å². The van der Waals surface area contributed by atoms with Crippen LogP contribution in [0, 0.1) is 6.92 Å². The van der Waals surface area contributed by atoms with Crippen LogP contribution in [0.25, 0.3) is 0 Å². The first kappa shape index (κ1) is 13.4. The highest BCUT2D eigenvalue weighted by Gasteiger charge is 2.15. The van der Waals surface area contributed by atoms with Gasteiger partial charge >= 0.3 is 0 Å². The van der Waals surface area contributed by atoms with E-state index in [1.54, 1.807) is 13.2 Å². The molecule has 2 aromatic heterocycles. The molecular formula is C12H18N6O. The lowest BCUT2D eigenvalue weighted by Gasteiger charge is -2.15. The molecule has 0 radical (unpaired) electrons. The molecule has 1 atom stereocenters. The van der Waals surface area contributed by atoms with Crippen molar-refractivity contribution in [1.29, 1.82) is 0 Å². The van der Waals surface area contributed by atoms with Crippen molar-refractivity contribution < 1.29 is 4.74 Å². The Balaban J connectivity index is 2.22. The van der Waals surface area contributed by atoms with Gasteiger partial charge in [-0.3, -0.25) is 16.0 Å². The van der Waals surface area contributed by atoms with Crippen LogP contribution in [0.2, 0.25) is 0 Å². The number of nitrogens with two attached hydrogens (primary N) is 1. The number of hydrogen-bond donors (Lipinski definition) is 2. The Labute approximate surface area is 111 Å². The second-order valence-electron chi connectivity index (χ2n) is 4.31. The Bertz CT molecular complexity index is 553. The quantitative estimate of drug-likeness (QED) is 0.594. The third kappa shape index (κ3) is 3.07. The summed E-state index contributed by atoms with van der Waals surface area (Å²) >= 11 is 0. The lowest BCUT2D eigenvalue weighted by Crippen LogP contribution is -2.30. The predicted molar refractivity (Wildman–Crippen MR) is 70.3 cm³/mol. The molecule has 3 N–H and O–H groups in total. The maximum atomic E-state index is 5.62. The van der Waals surface area contributed by atoms with Crippen LogP contribution in [-0.4, -0.2) is 26.9 Å². The number of nitrogens with zero attached hydrogens (tertiary/aromatic N) is 4. The first-order valence-electron chi connectivity index (χ1n) is 5.95. The van der Waals surface area contributed by atoms with Gasteiger partial charge in [0, 0.05) is 25.2 Å². The Morgan fingerprint density at radius 2 is 2.21 bits per heavy atom. The number of hydrazine groups is 1. The van der Waals surface area contributed by atoms with Gasteiger partial charge in [0.25, 0.3) is 0 Å². The summed E-state index contributed by atoms with van der Waals surface area (Å²) in [6.45, 7) is 1.96. The second kappa shape index (κ2) is 5.77. The summed E-state index contributed by atoms with van der Waals surface area (Å²) in [4.78, 5) is 8.21. The van der Waals surface area contributed by atoms with E-state index in [0.29, 0.717) is 12.3 Å². The van der Waals surface area contributed by atoms with Gasteiger partial charge in [0.15, 0.2) is 0 Å². The Morgan fingerprint density at radius 3 is 2.79 bits per heavy atom. The smallest absolute Gasteiger partial charge is 0.216 e. The summed E-state index contributed by atoms with van der Waals surface area (Å²) in [5.41, 5.74) is 5.61. The molecule has 7 nitrogen and oxygen atoms in total. The zero-order valence-corrected chi connectivity index (χ0v) is 11.3. The molecule has 0 fully saturated rings. The molecule has 2 heterocycles. The van der Waals surface area contributed by atoms with Gasteiger partial charge in [0.2, 0.25) is 5.88 Å². The minimum Gasteiger partial charge on any atom is -0.481 e. The molecule has 2 rings (SSSR count). The third-order valence-corrected chi connectivity index (χ3v) is 2.94. The molecule has 0 aliphatic heterocycles. The topological polar surface area (TPSA) is 90.9 Å². The normalized spacial score (nSPS) is 12.4. The zero-order chi connectivity index (χ0) is 13.8. The lowest BCUT2D eigenvalue weighted by atomic mass is 10.1. The van der Waals surface area contributed by atoms with Gasteiger partial charge < -0.3 is 4.74 Å². The van der Waals surface area contributed by atoms with Gasteiger partial charge in [-0.2, -0.15) is 5.10 Å². The van der Waals surface area contributed by atoms with E-state index in [9.17, 15) is 0 Å². The molecule has 0 aromatic carbocycles. The summed E-state index contributed by atoms with van der Waals surface area (Å²) < 4.78 is 6.94. The average molecular weight is 262 g/mol. The fourth-order valence-electron chi connectivity index (χ4n) is 1.97. The Hall–Kier alpha value is -1.99. The Kier molecular flexibility index (Phi) is 4.08. The predicted octanol–water partition coefficient (Wildman–Crippen LogP) is 0.274. The van der Waals surface area contributed by atoms with Gasteiger partial charge in [-0.15, -0.1) is 0 Å². The van der Waals surface area contributed by atoms with E-state index in [0.717, 1.165) is 17.1 Å². The van der Waals surface area contributed by atoms with Gasteiger partial charge in [-0.25, -0.2) is 9.97 Å². The molecule has 0 saturated carbocycles. The van der Waals surface area contributed by atoms with Crippen LogP contribution in [0.4, 0.5) is 0 Å². The standard InChI is InChI=1S/C12H18N6O/c1-8-4-9(18(2)17-8)5-11(16-13)10-6-12(19-3)15-7-14-10/h4,6-7,11,16H,5,13H2,1-3H3. The molecule has 2 aromatic rings. The van der Waals surface area contributed by atoms with E-state index in [1.165, 1.54) is 6.33 Å². The summed E-state index contributed by atoms with van der Waals surface area (Å²) in [6.07, 6.45) is 2.15. The molecular weight excluding hydrogens is 244 g/mol. The van der Waals surface area contributed by atoms with Crippen LogP contribution in [0.15, 0.2) is 18.5 Å². The van der Waals surface area contributed by atoms with Crippen LogP contribution in [0.3, 0.4) is 0 Å². The van der Waals surface area contributed by atoms with Crippen molar-refractivity contribution in [2.45, 2.75) is 19.4 Å². The first-order chi connectivity index (χ1) is 9.13. The van der Waals surface area contributed by atoms with Crippen molar-refractivity contribution in [2.75, 3.05) is 7.11 Å². The van der Waals surface area contributed by atoms with Gasteiger partial charge in [0.1, 0.15) is 6.33 Å². The number of ether oxygens (including phenoxy) is 1. The molecule has 0 amide bonds. The van der Waals surface area contributed by atoms with Crippen LogP contribution < -0.4 is 16.0 Å². The SMILES string of the molecule is COc1cc(C(Cc2cc(C)nn2C)NN)ncn1. The monoisotopic (exact) mass is 262 g/mol. The van der Waals surface area contributed by atoms with Crippen LogP contribution in [0.5, 0.6) is 5.88 Å². The molecule has 0 aliphatic carbocycles. The van der Waals surface area contributed by atoms with E-state index in [2.05, 4.69) is 20.5 Å². The average Bonchev–Trinajstić information content (AvgIpc) is 2.74. The Morgan fingerprint density at radius 1 is 1.42 bits per heavy atom. The highest BCUT2D eigenvalue weighted by molar-refractivity contribution is 5.19. The number of methoxy groups -OCH3 is 1. The summed E-state index contributed by atoms with van der Waals surface area (Å²) in [7, 11) is 3.48. The van der Waals surface area contributed by atoms with Crippen molar-refractivity contribution in [3.63, 3.8) is 0 Å². The summed E-state index contributed by atoms with van der Waals surface area (Å²) in [5.74, 6) is 6.14.